The van der Waals surface area contributed by atoms with Gasteiger partial charge < -0.3 is 56.0 Å². The lowest BCUT2D eigenvalue weighted by molar-refractivity contribution is -0.144. The Morgan fingerprint density at radius 1 is 1.05 bits per heavy atom. The average Bonchev–Trinajstić information content (AvgIpc) is 3.64. The van der Waals surface area contributed by atoms with Gasteiger partial charge in [0.1, 0.15) is 42.2 Å². The smallest absolute Gasteiger partial charge is 0.481 e. The van der Waals surface area contributed by atoms with Gasteiger partial charge in [0.25, 0.3) is 0 Å². The van der Waals surface area contributed by atoms with Gasteiger partial charge in [0.05, 0.1) is 19.5 Å². The Balaban J connectivity index is 1.49. The lowest BCUT2D eigenvalue weighted by Gasteiger charge is -2.30. The first-order chi connectivity index (χ1) is 25.9. The van der Waals surface area contributed by atoms with Gasteiger partial charge in [0.2, 0.25) is 16.9 Å². The summed E-state index contributed by atoms with van der Waals surface area (Å²) in [5.41, 5.74) is 4.19. The number of amides is 2. The Morgan fingerprint density at radius 2 is 1.71 bits per heavy atom. The standard InChI is InChI=1S/C26H42N7O19P3S/c1-4-13(24(38)39)25(40)56-8-7-28-15(34)5-6-29-22(37)19(36)26(2,3)10-49-55(46,47)52-54(44,45)48-9-14-18(51-53(41,42)43)17(35)23(50-14)33-12-32-16-20(27)30-11-31-21(16)33/h11-14,17-19,23,35-36H,4-10H2,1-3H3,(H,28,34)(H,29,37)(H,38,39)(H,44,45)(H,46,47)(H2,27,30,31)(H2,41,42,43)/t13-,14+,17+,18+,19?,23+/m0/s1. The number of fused-ring (bicyclic) bond motifs is 1. The summed E-state index contributed by atoms with van der Waals surface area (Å²) in [6, 6.07) is 0. The molecule has 8 atom stereocenters. The number of aliphatic hydroxyl groups is 2. The number of ether oxygens (including phenoxy) is 1. The molecule has 2 amide bonds. The van der Waals surface area contributed by atoms with Crippen LogP contribution in [0.25, 0.3) is 11.2 Å². The summed E-state index contributed by atoms with van der Waals surface area (Å²) in [4.78, 5) is 98.4. The molecule has 316 valence electrons. The molecule has 0 saturated carbocycles. The monoisotopic (exact) mass is 881 g/mol. The first-order valence-corrected chi connectivity index (χ1v) is 21.7. The maximum absolute atomic E-state index is 12.7. The van der Waals surface area contributed by atoms with E-state index in [1.165, 1.54) is 13.8 Å². The number of carbonyl (C=O) groups excluding carboxylic acids is 3. The van der Waals surface area contributed by atoms with Gasteiger partial charge >= 0.3 is 29.4 Å². The third-order valence-corrected chi connectivity index (χ3v) is 11.8. The van der Waals surface area contributed by atoms with Crippen molar-refractivity contribution in [2.75, 3.05) is 37.8 Å². The molecule has 26 nitrogen and oxygen atoms in total. The van der Waals surface area contributed by atoms with Crippen LogP contribution in [0.15, 0.2) is 12.7 Å². The van der Waals surface area contributed by atoms with Crippen molar-refractivity contribution in [3.8, 4) is 0 Å². The number of phosphoric ester groups is 3. The van der Waals surface area contributed by atoms with E-state index in [4.69, 9.17) is 24.6 Å². The number of aliphatic hydroxyl groups excluding tert-OH is 2. The highest BCUT2D eigenvalue weighted by atomic mass is 32.2. The number of nitrogen functional groups attached to an aromatic ring is 1. The van der Waals surface area contributed by atoms with Gasteiger partial charge in [-0.15, -0.1) is 0 Å². The Labute approximate surface area is 321 Å². The number of phosphoric acid groups is 3. The number of nitrogens with zero attached hydrogens (tertiary/aromatic N) is 4. The Bertz CT molecular complexity index is 1880. The van der Waals surface area contributed by atoms with Crippen molar-refractivity contribution >= 4 is 75.1 Å². The molecule has 0 spiro atoms. The van der Waals surface area contributed by atoms with Crippen molar-refractivity contribution in [2.24, 2.45) is 11.3 Å². The van der Waals surface area contributed by atoms with Gasteiger partial charge in [-0.2, -0.15) is 4.31 Å². The second kappa shape index (κ2) is 19.7. The molecule has 1 saturated heterocycles. The molecule has 2 aromatic heterocycles. The second-order valence-electron chi connectivity index (χ2n) is 12.5. The molecule has 0 aliphatic carbocycles. The van der Waals surface area contributed by atoms with E-state index in [1.54, 1.807) is 6.92 Å². The van der Waals surface area contributed by atoms with E-state index in [2.05, 4.69) is 34.4 Å². The molecule has 1 fully saturated rings. The molecule has 2 aromatic rings. The maximum atomic E-state index is 12.7. The number of carbonyl (C=O) groups is 4. The molecule has 3 rings (SSSR count). The first kappa shape index (κ1) is 47.4. The molecule has 0 radical (unpaired) electrons. The highest BCUT2D eigenvalue weighted by Crippen LogP contribution is 2.61. The predicted octanol–water partition coefficient (Wildman–Crippen LogP) is -1.22. The minimum Gasteiger partial charge on any atom is -0.481 e. The number of nitrogens with one attached hydrogen (secondary N) is 2. The molecule has 30 heteroatoms. The maximum Gasteiger partial charge on any atom is 0.481 e. The Morgan fingerprint density at radius 3 is 2.34 bits per heavy atom. The number of aliphatic carboxylic acids is 1. The van der Waals surface area contributed by atoms with E-state index in [0.29, 0.717) is 0 Å². The number of hydrogen-bond donors (Lipinski definition) is 10. The van der Waals surface area contributed by atoms with E-state index in [1.807, 2.05) is 0 Å². The summed E-state index contributed by atoms with van der Waals surface area (Å²) in [7, 11) is -16.5. The number of thioether (sulfide) groups is 1. The van der Waals surface area contributed by atoms with Crippen molar-refractivity contribution < 1.29 is 90.4 Å². The summed E-state index contributed by atoms with van der Waals surface area (Å²) >= 11 is 0.750. The summed E-state index contributed by atoms with van der Waals surface area (Å²) in [5, 5.41) is 34.6. The summed E-state index contributed by atoms with van der Waals surface area (Å²) in [5.74, 6) is -3.92. The van der Waals surface area contributed by atoms with E-state index in [9.17, 15) is 62.7 Å². The fourth-order valence-corrected chi connectivity index (χ4v) is 8.53. The predicted molar refractivity (Wildman–Crippen MR) is 189 cm³/mol. The molecular formula is C26H42N7O19P3S. The van der Waals surface area contributed by atoms with Crippen LogP contribution < -0.4 is 16.4 Å². The van der Waals surface area contributed by atoms with Crippen LogP contribution in [-0.2, 0) is 55.5 Å². The van der Waals surface area contributed by atoms with Crippen molar-refractivity contribution in [2.45, 2.75) is 64.3 Å². The number of carboxylic acids is 1. The van der Waals surface area contributed by atoms with Crippen LogP contribution in [0.2, 0.25) is 0 Å². The number of nitrogens with two attached hydrogens (primary N) is 1. The van der Waals surface area contributed by atoms with Gasteiger partial charge in [-0.05, 0) is 6.42 Å². The number of anilines is 1. The van der Waals surface area contributed by atoms with E-state index in [0.717, 1.165) is 29.0 Å². The van der Waals surface area contributed by atoms with Crippen LogP contribution in [0.5, 0.6) is 0 Å². The highest BCUT2D eigenvalue weighted by Gasteiger charge is 2.50. The molecule has 56 heavy (non-hydrogen) atoms. The van der Waals surface area contributed by atoms with Crippen molar-refractivity contribution in [3.05, 3.63) is 12.7 Å². The molecule has 0 bridgehead atoms. The van der Waals surface area contributed by atoms with Crippen LogP contribution in [0.1, 0.15) is 39.8 Å². The van der Waals surface area contributed by atoms with Crippen LogP contribution in [0, 0.1) is 11.3 Å². The quantitative estimate of drug-likeness (QED) is 0.0376. The van der Waals surface area contributed by atoms with Crippen LogP contribution in [0.3, 0.4) is 0 Å². The van der Waals surface area contributed by atoms with E-state index in [-0.39, 0.29) is 48.7 Å². The zero-order valence-corrected chi connectivity index (χ0v) is 33.2. The van der Waals surface area contributed by atoms with Gasteiger partial charge in [0.15, 0.2) is 17.7 Å². The van der Waals surface area contributed by atoms with Crippen molar-refractivity contribution in [1.29, 1.82) is 0 Å². The molecule has 3 unspecified atom stereocenters. The lowest BCUT2D eigenvalue weighted by Crippen LogP contribution is -2.46. The highest BCUT2D eigenvalue weighted by molar-refractivity contribution is 8.13. The van der Waals surface area contributed by atoms with Gasteiger partial charge in [-0.1, -0.05) is 32.5 Å². The topological polar surface area (TPSA) is 401 Å². The molecule has 11 N–H and O–H groups in total. The van der Waals surface area contributed by atoms with E-state index >= 15 is 0 Å². The molecule has 1 aliphatic heterocycles. The fourth-order valence-electron chi connectivity index (χ4n) is 4.82. The largest absolute Gasteiger partial charge is 0.481 e. The molecular weight excluding hydrogens is 839 g/mol. The number of aromatic nitrogens is 4. The van der Waals surface area contributed by atoms with Gasteiger partial charge in [-0.25, -0.2) is 28.6 Å². The minimum atomic E-state index is -5.59. The first-order valence-electron chi connectivity index (χ1n) is 16.2. The van der Waals surface area contributed by atoms with Gasteiger partial charge in [-0.3, -0.25) is 37.3 Å². The minimum absolute atomic E-state index is 0.0186. The fraction of sp³-hybridized carbons (Fsp3) is 0.654. The third kappa shape index (κ3) is 13.6. The van der Waals surface area contributed by atoms with Crippen LogP contribution >= 0.6 is 35.2 Å². The van der Waals surface area contributed by atoms with Crippen molar-refractivity contribution in [1.82, 2.24) is 30.2 Å². The van der Waals surface area contributed by atoms with E-state index < -0.39 is 102 Å². The number of hydrogen-bond acceptors (Lipinski definition) is 19. The Hall–Kier alpha value is -2.97. The summed E-state index contributed by atoms with van der Waals surface area (Å²) < 4.78 is 61.9. The number of rotatable bonds is 22. The van der Waals surface area contributed by atoms with Crippen molar-refractivity contribution in [3.63, 3.8) is 0 Å². The molecule has 3 heterocycles. The van der Waals surface area contributed by atoms with Gasteiger partial charge in [0, 0.05) is 30.7 Å². The second-order valence-corrected chi connectivity index (χ2v) is 17.9. The number of carboxylic acid groups (broad SMARTS) is 1. The normalized spacial score (nSPS) is 22.2. The summed E-state index contributed by atoms with van der Waals surface area (Å²) in [6.45, 7) is 1.68. The molecule has 1 aliphatic rings. The zero-order valence-electron chi connectivity index (χ0n) is 29.7. The third-order valence-electron chi connectivity index (χ3n) is 7.74. The van der Waals surface area contributed by atoms with Crippen LogP contribution in [0.4, 0.5) is 5.82 Å². The SMILES string of the molecule is CC[C@@H](C(=O)O)C(=O)SCCNC(=O)CCNC(=O)C(O)C(C)(C)COP(=O)(O)OP(=O)(O)OC[C@H]1O[C@@H](n2cnc3c(N)ncnc32)[C@H](O)[C@@H]1OP(=O)(O)O. The Kier molecular flexibility index (Phi) is 16.6. The zero-order chi connectivity index (χ0) is 42.2. The molecule has 0 aromatic carbocycles. The number of imidazole rings is 1. The lowest BCUT2D eigenvalue weighted by atomic mass is 9.87. The average molecular weight is 882 g/mol. The summed E-state index contributed by atoms with van der Waals surface area (Å²) in [6.07, 6.45) is -7.01. The van der Waals surface area contributed by atoms with Crippen LogP contribution in [-0.4, -0.2) is 134 Å².